The Kier molecular flexibility index (Phi) is 5.47. The molecule has 0 spiro atoms. The van der Waals surface area contributed by atoms with Crippen LogP contribution in [-0.2, 0) is 19.8 Å². The van der Waals surface area contributed by atoms with E-state index < -0.39 is 24.9 Å². The Labute approximate surface area is 74.2 Å². The summed E-state index contributed by atoms with van der Waals surface area (Å²) in [5.74, 6) is -4.57. The molecule has 0 aliphatic carbocycles. The van der Waals surface area contributed by atoms with Crippen LogP contribution in [0.25, 0.3) is 0 Å². The van der Waals surface area contributed by atoms with E-state index in [0.717, 1.165) is 0 Å². The summed E-state index contributed by atoms with van der Waals surface area (Å²) in [6.07, 6.45) is -7.09. The van der Waals surface area contributed by atoms with Gasteiger partial charge in [-0.25, -0.2) is 0 Å². The summed E-state index contributed by atoms with van der Waals surface area (Å²) in [7, 11) is 0. The van der Waals surface area contributed by atoms with E-state index in [-0.39, 0.29) is 19.8 Å². The van der Waals surface area contributed by atoms with E-state index >= 15 is 0 Å². The maximum Gasteiger partial charge on any atom is 1.00 e. The number of alkyl halides is 5. The van der Waals surface area contributed by atoms with Gasteiger partial charge in [0.1, 0.15) is 0 Å². The quantitative estimate of drug-likeness (QED) is 0.530. The SMILES string of the molecule is [CH2-]CCC(F)(F)C(F)(F)F.[Os+]. The molecule has 0 heterocycles. The molecule has 0 saturated carbocycles. The predicted octanol–water partition coefficient (Wildman–Crippen LogP) is 2.80. The summed E-state index contributed by atoms with van der Waals surface area (Å²) < 4.78 is 57.3. The van der Waals surface area contributed by atoms with Gasteiger partial charge in [0.25, 0.3) is 0 Å². The van der Waals surface area contributed by atoms with E-state index in [1.165, 1.54) is 0 Å². The molecular formula is C5H6F5Os. The predicted molar refractivity (Wildman–Crippen MR) is 25.6 cm³/mol. The second-order valence-corrected chi connectivity index (χ2v) is 1.81. The third kappa shape index (κ3) is 4.00. The molecule has 11 heavy (non-hydrogen) atoms. The number of halogens is 5. The first-order chi connectivity index (χ1) is 4.31. The van der Waals surface area contributed by atoms with Crippen molar-refractivity contribution in [1.82, 2.24) is 0 Å². The van der Waals surface area contributed by atoms with Gasteiger partial charge < -0.3 is 6.92 Å². The van der Waals surface area contributed by atoms with Crippen LogP contribution < -0.4 is 0 Å². The maximum absolute atomic E-state index is 11.8. The van der Waals surface area contributed by atoms with Crippen molar-refractivity contribution in [2.75, 3.05) is 0 Å². The Balaban J connectivity index is 0. The topological polar surface area (TPSA) is 0 Å². The molecule has 0 amide bonds. The van der Waals surface area contributed by atoms with Crippen LogP contribution in [0.2, 0.25) is 0 Å². The number of rotatable bonds is 2. The normalized spacial score (nSPS) is 12.5. The average Bonchev–Trinajstić information content (AvgIpc) is 1.61. The summed E-state index contributed by atoms with van der Waals surface area (Å²) in [5, 5.41) is 0. The van der Waals surface area contributed by atoms with Crippen molar-refractivity contribution in [1.29, 1.82) is 0 Å². The molecule has 0 unspecified atom stereocenters. The largest absolute Gasteiger partial charge is 1.00 e. The van der Waals surface area contributed by atoms with Gasteiger partial charge in [0.15, 0.2) is 0 Å². The van der Waals surface area contributed by atoms with Crippen molar-refractivity contribution in [2.24, 2.45) is 0 Å². The zero-order chi connectivity index (χ0) is 8.41. The van der Waals surface area contributed by atoms with Crippen LogP contribution in [0.15, 0.2) is 0 Å². The Morgan fingerprint density at radius 3 is 1.45 bits per heavy atom. The van der Waals surface area contributed by atoms with E-state index in [0.29, 0.717) is 0 Å². The van der Waals surface area contributed by atoms with Gasteiger partial charge >= 0.3 is 31.9 Å². The Bertz CT molecular complexity index is 108. The third-order valence-corrected chi connectivity index (χ3v) is 0.905. The Morgan fingerprint density at radius 1 is 1.00 bits per heavy atom. The van der Waals surface area contributed by atoms with Crippen LogP contribution in [0.5, 0.6) is 0 Å². The van der Waals surface area contributed by atoms with E-state index in [1.54, 1.807) is 0 Å². The molecule has 0 aromatic carbocycles. The molecule has 1 radical (unpaired) electrons. The molecular weight excluding hydrogens is 345 g/mol. The van der Waals surface area contributed by atoms with Gasteiger partial charge in [-0.05, 0) is 6.42 Å². The summed E-state index contributed by atoms with van der Waals surface area (Å²) in [6.45, 7) is 2.90. The minimum Gasteiger partial charge on any atom is -0.343 e. The zero-order valence-corrected chi connectivity index (χ0v) is 7.91. The molecule has 0 N–H and O–H groups in total. The van der Waals surface area contributed by atoms with Gasteiger partial charge in [-0.1, -0.05) is 0 Å². The van der Waals surface area contributed by atoms with Gasteiger partial charge in [0.05, 0.1) is 0 Å². The standard InChI is InChI=1S/C5H6F5.Os/c1-2-3-4(6,7)5(8,9)10;/h1-3H2;/q-1;+1. The summed E-state index contributed by atoms with van der Waals surface area (Å²) in [6, 6.07) is 0. The summed E-state index contributed by atoms with van der Waals surface area (Å²) >= 11 is 0. The van der Waals surface area contributed by atoms with Crippen molar-refractivity contribution in [3.63, 3.8) is 0 Å². The molecule has 0 aromatic rings. The molecule has 0 aliphatic heterocycles. The van der Waals surface area contributed by atoms with Crippen molar-refractivity contribution in [2.45, 2.75) is 24.9 Å². The second-order valence-electron chi connectivity index (χ2n) is 1.81. The molecule has 0 atom stereocenters. The summed E-state index contributed by atoms with van der Waals surface area (Å²) in [4.78, 5) is 0. The molecule has 0 aliphatic rings. The van der Waals surface area contributed by atoms with Crippen LogP contribution in [0.4, 0.5) is 22.0 Å². The molecule has 6 heteroatoms. The van der Waals surface area contributed by atoms with Crippen molar-refractivity contribution in [3.8, 4) is 0 Å². The van der Waals surface area contributed by atoms with Crippen LogP contribution in [0, 0.1) is 6.92 Å². The van der Waals surface area contributed by atoms with Gasteiger partial charge in [-0.3, -0.25) is 0 Å². The van der Waals surface area contributed by atoms with Gasteiger partial charge in [-0.2, -0.15) is 28.4 Å². The van der Waals surface area contributed by atoms with Gasteiger partial charge in [-0.15, -0.1) is 0 Å². The van der Waals surface area contributed by atoms with E-state index in [9.17, 15) is 22.0 Å². The number of hydrogen-bond acceptors (Lipinski definition) is 0. The van der Waals surface area contributed by atoms with E-state index in [2.05, 4.69) is 6.92 Å². The zero-order valence-electron chi connectivity index (χ0n) is 5.36. The molecule has 0 rings (SSSR count). The fourth-order valence-electron chi connectivity index (χ4n) is 0.364. The molecule has 0 aromatic heterocycles. The van der Waals surface area contributed by atoms with Gasteiger partial charge in [0, 0.05) is 0 Å². The first-order valence-corrected chi connectivity index (χ1v) is 2.55. The first-order valence-electron chi connectivity index (χ1n) is 2.55. The molecule has 0 nitrogen and oxygen atoms in total. The van der Waals surface area contributed by atoms with E-state index in [1.807, 2.05) is 0 Å². The second kappa shape index (κ2) is 4.35. The smallest absolute Gasteiger partial charge is 0.343 e. The van der Waals surface area contributed by atoms with Crippen molar-refractivity contribution >= 4 is 0 Å². The molecule has 69 valence electrons. The fraction of sp³-hybridized carbons (Fsp3) is 0.800. The minimum atomic E-state index is -5.43. The molecule has 0 saturated heterocycles. The minimum absolute atomic E-state index is 0. The fourth-order valence-corrected chi connectivity index (χ4v) is 0.364. The monoisotopic (exact) mass is 353 g/mol. The van der Waals surface area contributed by atoms with Crippen LogP contribution in [-0.4, -0.2) is 12.1 Å². The van der Waals surface area contributed by atoms with Crippen molar-refractivity contribution < 1.29 is 41.7 Å². The van der Waals surface area contributed by atoms with Gasteiger partial charge in [0.2, 0.25) is 0 Å². The van der Waals surface area contributed by atoms with Crippen LogP contribution >= 0.6 is 0 Å². The van der Waals surface area contributed by atoms with Crippen LogP contribution in [0.1, 0.15) is 12.8 Å². The summed E-state index contributed by atoms with van der Waals surface area (Å²) in [5.41, 5.74) is 0. The Morgan fingerprint density at radius 2 is 1.36 bits per heavy atom. The molecule has 0 fully saturated rings. The average molecular weight is 351 g/mol. The maximum atomic E-state index is 11.8. The number of hydrogen-bond donors (Lipinski definition) is 0. The third-order valence-electron chi connectivity index (χ3n) is 0.905. The Hall–Kier alpha value is 0.286. The first kappa shape index (κ1) is 13.8. The van der Waals surface area contributed by atoms with Crippen LogP contribution in [0.3, 0.4) is 0 Å². The van der Waals surface area contributed by atoms with Crippen molar-refractivity contribution in [3.05, 3.63) is 6.92 Å². The molecule has 0 bridgehead atoms. The van der Waals surface area contributed by atoms with E-state index in [4.69, 9.17) is 0 Å².